The summed E-state index contributed by atoms with van der Waals surface area (Å²) in [5, 5.41) is 6.32. The van der Waals surface area contributed by atoms with Crippen LogP contribution in [0.5, 0.6) is 0 Å². The van der Waals surface area contributed by atoms with E-state index in [2.05, 4.69) is 16.7 Å². The van der Waals surface area contributed by atoms with Crippen LogP contribution >= 0.6 is 0 Å². The minimum absolute atomic E-state index is 0.0710. The van der Waals surface area contributed by atoms with Gasteiger partial charge in [-0.3, -0.25) is 4.79 Å². The normalized spacial score (nSPS) is 15.1. The zero-order valence-corrected chi connectivity index (χ0v) is 13.4. The van der Waals surface area contributed by atoms with E-state index in [0.29, 0.717) is 0 Å². The molecule has 1 saturated carbocycles. The highest BCUT2D eigenvalue weighted by Gasteiger charge is 2.28. The summed E-state index contributed by atoms with van der Waals surface area (Å²) in [4.78, 5) is 12.6. The van der Waals surface area contributed by atoms with Crippen LogP contribution in [0.4, 0.5) is 10.1 Å². The lowest BCUT2D eigenvalue weighted by molar-refractivity contribution is -0.122. The van der Waals surface area contributed by atoms with Gasteiger partial charge >= 0.3 is 0 Å². The summed E-state index contributed by atoms with van der Waals surface area (Å²) in [6.45, 7) is 4.05. The SMILES string of the molecule is Cc1cc(C)cc(N[C@@H](C(=O)NC2CC2)c2ccc(F)cc2)c1. The molecular formula is C19H21FN2O. The van der Waals surface area contributed by atoms with Crippen LogP contribution in [0.15, 0.2) is 42.5 Å². The summed E-state index contributed by atoms with van der Waals surface area (Å²) in [6.07, 6.45) is 2.07. The number of benzene rings is 2. The average Bonchev–Trinajstić information content (AvgIpc) is 3.29. The second kappa shape index (κ2) is 6.41. The Kier molecular flexibility index (Phi) is 4.33. The lowest BCUT2D eigenvalue weighted by Crippen LogP contribution is -2.34. The third kappa shape index (κ3) is 4.09. The van der Waals surface area contributed by atoms with Crippen molar-refractivity contribution in [2.24, 2.45) is 0 Å². The fourth-order valence-corrected chi connectivity index (χ4v) is 2.69. The van der Waals surface area contributed by atoms with Gasteiger partial charge in [-0.25, -0.2) is 4.39 Å². The molecule has 2 aromatic rings. The van der Waals surface area contributed by atoms with E-state index in [1.807, 2.05) is 26.0 Å². The number of nitrogens with one attached hydrogen (secondary N) is 2. The van der Waals surface area contributed by atoms with E-state index in [1.54, 1.807) is 12.1 Å². The molecule has 2 N–H and O–H groups in total. The molecule has 1 fully saturated rings. The smallest absolute Gasteiger partial charge is 0.247 e. The summed E-state index contributed by atoms with van der Waals surface area (Å²) in [5.41, 5.74) is 3.91. The Morgan fingerprint density at radius 3 is 2.26 bits per heavy atom. The minimum atomic E-state index is -0.530. The molecule has 0 aliphatic heterocycles. The van der Waals surface area contributed by atoms with Crippen molar-refractivity contribution in [2.45, 2.75) is 38.8 Å². The highest BCUT2D eigenvalue weighted by Crippen LogP contribution is 2.25. The molecule has 1 atom stereocenters. The second-order valence-corrected chi connectivity index (χ2v) is 6.29. The summed E-state index contributed by atoms with van der Waals surface area (Å²) < 4.78 is 13.2. The maximum atomic E-state index is 13.2. The summed E-state index contributed by atoms with van der Waals surface area (Å²) in [5.74, 6) is -0.375. The summed E-state index contributed by atoms with van der Waals surface area (Å²) in [7, 11) is 0. The van der Waals surface area contributed by atoms with Crippen LogP contribution in [-0.4, -0.2) is 11.9 Å². The topological polar surface area (TPSA) is 41.1 Å². The van der Waals surface area contributed by atoms with Crippen molar-refractivity contribution in [3.05, 3.63) is 65.0 Å². The fourth-order valence-electron chi connectivity index (χ4n) is 2.69. The van der Waals surface area contributed by atoms with Crippen molar-refractivity contribution >= 4 is 11.6 Å². The molecule has 3 rings (SSSR count). The van der Waals surface area contributed by atoms with E-state index >= 15 is 0 Å². The van der Waals surface area contributed by atoms with Crippen molar-refractivity contribution < 1.29 is 9.18 Å². The predicted octanol–water partition coefficient (Wildman–Crippen LogP) is 3.87. The van der Waals surface area contributed by atoms with E-state index in [1.165, 1.54) is 12.1 Å². The van der Waals surface area contributed by atoms with Crippen LogP contribution in [0.1, 0.15) is 35.6 Å². The summed E-state index contributed by atoms with van der Waals surface area (Å²) >= 11 is 0. The zero-order valence-electron chi connectivity index (χ0n) is 13.4. The van der Waals surface area contributed by atoms with Gasteiger partial charge in [-0.2, -0.15) is 0 Å². The number of anilines is 1. The van der Waals surface area contributed by atoms with Crippen molar-refractivity contribution in [3.8, 4) is 0 Å². The number of halogens is 1. The molecule has 2 aromatic carbocycles. The Bertz CT molecular complexity index is 688. The summed E-state index contributed by atoms with van der Waals surface area (Å²) in [6, 6.07) is 11.9. The molecule has 4 heteroatoms. The molecule has 0 bridgehead atoms. The Hall–Kier alpha value is -2.36. The molecule has 120 valence electrons. The monoisotopic (exact) mass is 312 g/mol. The molecule has 0 radical (unpaired) electrons. The van der Waals surface area contributed by atoms with Crippen molar-refractivity contribution in [3.63, 3.8) is 0 Å². The van der Waals surface area contributed by atoms with Crippen molar-refractivity contribution in [1.82, 2.24) is 5.32 Å². The number of hydrogen-bond acceptors (Lipinski definition) is 2. The van der Waals surface area contributed by atoms with Crippen LogP contribution in [-0.2, 0) is 4.79 Å². The molecule has 1 aliphatic rings. The zero-order chi connectivity index (χ0) is 16.4. The van der Waals surface area contributed by atoms with E-state index in [-0.39, 0.29) is 17.8 Å². The van der Waals surface area contributed by atoms with Crippen LogP contribution in [0.2, 0.25) is 0 Å². The average molecular weight is 312 g/mol. The Balaban J connectivity index is 1.87. The third-order valence-corrected chi connectivity index (χ3v) is 3.92. The minimum Gasteiger partial charge on any atom is -0.370 e. The molecule has 0 aromatic heterocycles. The number of carbonyl (C=O) groups excluding carboxylic acids is 1. The maximum Gasteiger partial charge on any atom is 0.247 e. The van der Waals surface area contributed by atoms with Crippen molar-refractivity contribution in [2.75, 3.05) is 5.32 Å². The van der Waals surface area contributed by atoms with Gasteiger partial charge in [0, 0.05) is 11.7 Å². The van der Waals surface area contributed by atoms with Gasteiger partial charge in [0.2, 0.25) is 5.91 Å². The van der Waals surface area contributed by atoms with Gasteiger partial charge in [-0.1, -0.05) is 18.2 Å². The van der Waals surface area contributed by atoms with Gasteiger partial charge in [0.05, 0.1) is 0 Å². The quantitative estimate of drug-likeness (QED) is 0.880. The molecule has 1 amide bonds. The first-order valence-electron chi connectivity index (χ1n) is 7.92. The van der Waals surface area contributed by atoms with Gasteiger partial charge < -0.3 is 10.6 Å². The Labute approximate surface area is 135 Å². The molecule has 1 aliphatic carbocycles. The molecule has 0 saturated heterocycles. The molecule has 23 heavy (non-hydrogen) atoms. The maximum absolute atomic E-state index is 13.2. The lowest BCUT2D eigenvalue weighted by Gasteiger charge is -2.20. The van der Waals surface area contributed by atoms with Crippen LogP contribution in [0.3, 0.4) is 0 Å². The first-order valence-corrected chi connectivity index (χ1v) is 7.92. The van der Waals surface area contributed by atoms with Gasteiger partial charge in [0.25, 0.3) is 0 Å². The predicted molar refractivity (Wildman–Crippen MR) is 89.8 cm³/mol. The molecule has 0 unspecified atom stereocenters. The number of carbonyl (C=O) groups is 1. The van der Waals surface area contributed by atoms with Crippen LogP contribution < -0.4 is 10.6 Å². The number of aryl methyl sites for hydroxylation is 2. The van der Waals surface area contributed by atoms with Crippen LogP contribution in [0.25, 0.3) is 0 Å². The number of amides is 1. The van der Waals surface area contributed by atoms with E-state index in [9.17, 15) is 9.18 Å². The second-order valence-electron chi connectivity index (χ2n) is 6.29. The van der Waals surface area contributed by atoms with Gasteiger partial charge in [-0.05, 0) is 67.6 Å². The third-order valence-electron chi connectivity index (χ3n) is 3.92. The van der Waals surface area contributed by atoms with Gasteiger partial charge in [0.1, 0.15) is 11.9 Å². The largest absolute Gasteiger partial charge is 0.370 e. The molecule has 0 heterocycles. The fraction of sp³-hybridized carbons (Fsp3) is 0.316. The van der Waals surface area contributed by atoms with E-state index in [4.69, 9.17) is 0 Å². The van der Waals surface area contributed by atoms with Gasteiger partial charge in [-0.15, -0.1) is 0 Å². The van der Waals surface area contributed by atoms with Gasteiger partial charge in [0.15, 0.2) is 0 Å². The first-order chi connectivity index (χ1) is 11.0. The highest BCUT2D eigenvalue weighted by molar-refractivity contribution is 5.86. The molecule has 3 nitrogen and oxygen atoms in total. The van der Waals surface area contributed by atoms with E-state index in [0.717, 1.165) is 35.2 Å². The van der Waals surface area contributed by atoms with E-state index < -0.39 is 6.04 Å². The van der Waals surface area contributed by atoms with Crippen LogP contribution in [0, 0.1) is 19.7 Å². The Morgan fingerprint density at radius 2 is 1.70 bits per heavy atom. The standard InChI is InChI=1S/C19H21FN2O/c1-12-9-13(2)11-17(10-12)21-18(19(23)22-16-7-8-16)14-3-5-15(20)6-4-14/h3-6,9-11,16,18,21H,7-8H2,1-2H3,(H,22,23)/t18-/m1/s1. The molecule has 0 spiro atoms. The van der Waals surface area contributed by atoms with Crippen molar-refractivity contribution in [1.29, 1.82) is 0 Å². The molecular weight excluding hydrogens is 291 g/mol. The first kappa shape index (κ1) is 15.5. The lowest BCUT2D eigenvalue weighted by atomic mass is 10.0. The highest BCUT2D eigenvalue weighted by atomic mass is 19.1. The number of hydrogen-bond donors (Lipinski definition) is 2. The number of rotatable bonds is 5. The Morgan fingerprint density at radius 1 is 1.09 bits per heavy atom.